The number of morpholine rings is 1. The van der Waals surface area contributed by atoms with Crippen LogP contribution in [0.25, 0.3) is 0 Å². The van der Waals surface area contributed by atoms with Crippen LogP contribution in [-0.2, 0) is 18.3 Å². The van der Waals surface area contributed by atoms with Gasteiger partial charge in [0.1, 0.15) is 12.4 Å². The molecule has 1 aliphatic rings. The lowest BCUT2D eigenvalue weighted by Crippen LogP contribution is -2.46. The van der Waals surface area contributed by atoms with E-state index in [2.05, 4.69) is 53.4 Å². The van der Waals surface area contributed by atoms with Crippen molar-refractivity contribution in [3.05, 3.63) is 11.6 Å². The van der Waals surface area contributed by atoms with Crippen LogP contribution in [0.4, 0.5) is 0 Å². The summed E-state index contributed by atoms with van der Waals surface area (Å²) in [7, 11) is 1.98. The topological polar surface area (TPSA) is 79.6 Å². The SMILES string of the molecule is Cc1nnc(CN=C(NCCN2CCOCC2)NC(C)CCC(C)(C)C)n1C. The first-order valence-electron chi connectivity index (χ1n) is 10.4. The average molecular weight is 394 g/mol. The van der Waals surface area contributed by atoms with Crippen LogP contribution in [0.5, 0.6) is 0 Å². The number of nitrogens with zero attached hydrogens (tertiary/aromatic N) is 5. The Labute approximate surface area is 170 Å². The normalized spacial score (nSPS) is 17.6. The van der Waals surface area contributed by atoms with Crippen molar-refractivity contribution < 1.29 is 4.74 Å². The summed E-state index contributed by atoms with van der Waals surface area (Å²) in [4.78, 5) is 7.18. The van der Waals surface area contributed by atoms with Gasteiger partial charge in [-0.15, -0.1) is 10.2 Å². The molecule has 0 amide bonds. The second kappa shape index (κ2) is 10.8. The van der Waals surface area contributed by atoms with Crippen molar-refractivity contribution in [3.63, 3.8) is 0 Å². The number of aromatic nitrogens is 3. The molecule has 160 valence electrons. The monoisotopic (exact) mass is 393 g/mol. The lowest BCUT2D eigenvalue weighted by atomic mass is 9.89. The van der Waals surface area contributed by atoms with E-state index in [0.717, 1.165) is 63.4 Å². The minimum Gasteiger partial charge on any atom is -0.379 e. The maximum absolute atomic E-state index is 5.42. The highest BCUT2D eigenvalue weighted by molar-refractivity contribution is 5.80. The number of hydrogen-bond donors (Lipinski definition) is 2. The fraction of sp³-hybridized carbons (Fsp3) is 0.850. The highest BCUT2D eigenvalue weighted by atomic mass is 16.5. The predicted octanol–water partition coefficient (Wildman–Crippen LogP) is 1.71. The fourth-order valence-corrected chi connectivity index (χ4v) is 3.00. The molecule has 1 saturated heterocycles. The molecule has 2 heterocycles. The second-order valence-corrected chi connectivity index (χ2v) is 8.91. The summed E-state index contributed by atoms with van der Waals surface area (Å²) in [5.74, 6) is 2.61. The zero-order valence-electron chi connectivity index (χ0n) is 18.6. The molecule has 1 aliphatic heterocycles. The predicted molar refractivity (Wildman–Crippen MR) is 113 cm³/mol. The van der Waals surface area contributed by atoms with Crippen molar-refractivity contribution in [2.75, 3.05) is 39.4 Å². The highest BCUT2D eigenvalue weighted by Gasteiger charge is 2.14. The molecule has 2 N–H and O–H groups in total. The third-order valence-corrected chi connectivity index (χ3v) is 5.10. The van der Waals surface area contributed by atoms with Gasteiger partial charge in [-0.2, -0.15) is 0 Å². The number of rotatable bonds is 8. The van der Waals surface area contributed by atoms with Gasteiger partial charge >= 0.3 is 0 Å². The first kappa shape index (κ1) is 22.6. The smallest absolute Gasteiger partial charge is 0.191 e. The number of aryl methyl sites for hydroxylation is 1. The summed E-state index contributed by atoms with van der Waals surface area (Å²) in [6.07, 6.45) is 2.28. The lowest BCUT2D eigenvalue weighted by Gasteiger charge is -2.27. The second-order valence-electron chi connectivity index (χ2n) is 8.91. The quantitative estimate of drug-likeness (QED) is 0.517. The standard InChI is InChI=1S/C20H39N7O/c1-16(7-8-20(3,4)5)23-19(21-9-10-27-11-13-28-14-12-27)22-15-18-25-24-17(2)26(18)6/h16H,7-15H2,1-6H3,(H2,21,22,23). The van der Waals surface area contributed by atoms with Crippen LogP contribution < -0.4 is 10.6 Å². The van der Waals surface area contributed by atoms with Crippen LogP contribution in [0.3, 0.4) is 0 Å². The van der Waals surface area contributed by atoms with E-state index < -0.39 is 0 Å². The Morgan fingerprint density at radius 2 is 1.96 bits per heavy atom. The minimum atomic E-state index is 0.340. The number of nitrogens with one attached hydrogen (secondary N) is 2. The van der Waals surface area contributed by atoms with E-state index in [4.69, 9.17) is 9.73 Å². The van der Waals surface area contributed by atoms with Crippen LogP contribution >= 0.6 is 0 Å². The van der Waals surface area contributed by atoms with E-state index in [1.165, 1.54) is 6.42 Å². The molecule has 0 bridgehead atoms. The molecule has 1 unspecified atom stereocenters. The highest BCUT2D eigenvalue weighted by Crippen LogP contribution is 2.21. The molecule has 2 rings (SSSR count). The maximum atomic E-state index is 5.42. The Hall–Kier alpha value is -1.67. The van der Waals surface area contributed by atoms with Crippen molar-refractivity contribution >= 4 is 5.96 Å². The first-order chi connectivity index (χ1) is 13.2. The molecule has 0 aromatic carbocycles. The molecule has 8 nitrogen and oxygen atoms in total. The van der Waals surface area contributed by atoms with Crippen molar-refractivity contribution in [1.29, 1.82) is 0 Å². The Morgan fingerprint density at radius 3 is 2.57 bits per heavy atom. The van der Waals surface area contributed by atoms with Crippen LogP contribution in [0.15, 0.2) is 4.99 Å². The van der Waals surface area contributed by atoms with Crippen LogP contribution in [0.1, 0.15) is 52.2 Å². The molecule has 0 spiro atoms. The number of aliphatic imine (C=N–C) groups is 1. The molecule has 0 aliphatic carbocycles. The molecule has 0 saturated carbocycles. The van der Waals surface area contributed by atoms with Crippen LogP contribution in [0, 0.1) is 12.3 Å². The van der Waals surface area contributed by atoms with Crippen molar-refractivity contribution in [2.45, 2.75) is 60.0 Å². The molecule has 1 aromatic rings. The van der Waals surface area contributed by atoms with E-state index in [1.54, 1.807) is 0 Å². The van der Waals surface area contributed by atoms with E-state index in [0.29, 0.717) is 18.0 Å². The van der Waals surface area contributed by atoms with Crippen molar-refractivity contribution in [1.82, 2.24) is 30.3 Å². The zero-order chi connectivity index (χ0) is 20.6. The van der Waals surface area contributed by atoms with E-state index in [-0.39, 0.29) is 0 Å². The van der Waals surface area contributed by atoms with Gasteiger partial charge in [-0.05, 0) is 32.1 Å². The van der Waals surface area contributed by atoms with Gasteiger partial charge in [-0.25, -0.2) is 4.99 Å². The Morgan fingerprint density at radius 1 is 1.25 bits per heavy atom. The minimum absolute atomic E-state index is 0.340. The first-order valence-corrected chi connectivity index (χ1v) is 10.4. The maximum Gasteiger partial charge on any atom is 0.191 e. The van der Waals surface area contributed by atoms with E-state index in [9.17, 15) is 0 Å². The molecule has 8 heteroatoms. The van der Waals surface area contributed by atoms with Gasteiger partial charge in [-0.3, -0.25) is 4.90 Å². The third kappa shape index (κ3) is 8.14. The third-order valence-electron chi connectivity index (χ3n) is 5.10. The zero-order valence-corrected chi connectivity index (χ0v) is 18.6. The number of ether oxygens (including phenoxy) is 1. The Kier molecular flexibility index (Phi) is 8.69. The Bertz CT molecular complexity index is 615. The summed E-state index contributed by atoms with van der Waals surface area (Å²) in [5.41, 5.74) is 0.340. The van der Waals surface area contributed by atoms with Gasteiger partial charge in [0.15, 0.2) is 11.8 Å². The summed E-state index contributed by atoms with van der Waals surface area (Å²) in [5, 5.41) is 15.4. The molecular formula is C20H39N7O. The largest absolute Gasteiger partial charge is 0.379 e. The lowest BCUT2D eigenvalue weighted by molar-refractivity contribution is 0.0389. The van der Waals surface area contributed by atoms with Crippen molar-refractivity contribution in [2.24, 2.45) is 17.5 Å². The van der Waals surface area contributed by atoms with Gasteiger partial charge in [0.05, 0.1) is 13.2 Å². The van der Waals surface area contributed by atoms with Gasteiger partial charge in [-0.1, -0.05) is 20.8 Å². The van der Waals surface area contributed by atoms with Gasteiger partial charge in [0.2, 0.25) is 0 Å². The fourth-order valence-electron chi connectivity index (χ4n) is 3.00. The number of guanidine groups is 1. The summed E-state index contributed by atoms with van der Waals surface area (Å²) >= 11 is 0. The van der Waals surface area contributed by atoms with Gasteiger partial charge in [0, 0.05) is 39.3 Å². The molecule has 28 heavy (non-hydrogen) atoms. The number of hydrogen-bond acceptors (Lipinski definition) is 5. The molecule has 1 aromatic heterocycles. The summed E-state index contributed by atoms with van der Waals surface area (Å²) in [6, 6.07) is 0.357. The van der Waals surface area contributed by atoms with E-state index in [1.807, 2.05) is 18.5 Å². The Balaban J connectivity index is 1.91. The van der Waals surface area contributed by atoms with Crippen LogP contribution in [0.2, 0.25) is 0 Å². The average Bonchev–Trinajstić information content (AvgIpc) is 2.96. The summed E-state index contributed by atoms with van der Waals surface area (Å²) in [6.45, 7) is 17.0. The van der Waals surface area contributed by atoms with Crippen molar-refractivity contribution in [3.8, 4) is 0 Å². The van der Waals surface area contributed by atoms with Gasteiger partial charge < -0.3 is 19.9 Å². The molecule has 1 atom stereocenters. The van der Waals surface area contributed by atoms with E-state index >= 15 is 0 Å². The molecule has 1 fully saturated rings. The molecule has 0 radical (unpaired) electrons. The molecular weight excluding hydrogens is 354 g/mol. The summed E-state index contributed by atoms with van der Waals surface area (Å²) < 4.78 is 7.41. The van der Waals surface area contributed by atoms with Crippen LogP contribution in [-0.4, -0.2) is 71.1 Å². The van der Waals surface area contributed by atoms with Gasteiger partial charge in [0.25, 0.3) is 0 Å².